The number of carbonyl (C=O) groups is 3. The summed E-state index contributed by atoms with van der Waals surface area (Å²) in [5, 5.41) is 5.79. The van der Waals surface area contributed by atoms with Gasteiger partial charge in [0.15, 0.2) is 0 Å². The van der Waals surface area contributed by atoms with Crippen LogP contribution in [0.1, 0.15) is 36.2 Å². The number of likely N-dealkylation sites (N-methyl/N-ethyl adjacent to an activating group) is 1. The third kappa shape index (κ3) is 5.95. The summed E-state index contributed by atoms with van der Waals surface area (Å²) in [5.74, 6) is -0.785. The Morgan fingerprint density at radius 2 is 1.69 bits per heavy atom. The van der Waals surface area contributed by atoms with E-state index >= 15 is 0 Å². The van der Waals surface area contributed by atoms with Crippen molar-refractivity contribution in [2.24, 2.45) is 5.92 Å². The summed E-state index contributed by atoms with van der Waals surface area (Å²) < 4.78 is 0. The normalized spacial score (nSPS) is 15.8. The van der Waals surface area contributed by atoms with Gasteiger partial charge in [-0.25, -0.2) is 0 Å². The van der Waals surface area contributed by atoms with E-state index < -0.39 is 5.92 Å². The minimum Gasteiger partial charge on any atom is -0.351 e. The molecule has 2 aromatic rings. The molecule has 1 saturated heterocycles. The second-order valence-electron chi connectivity index (χ2n) is 8.09. The number of carbonyl (C=O) groups excluding carboxylic acids is 3. The Kier molecular flexibility index (Phi) is 8.00. The third-order valence-corrected chi connectivity index (χ3v) is 5.86. The van der Waals surface area contributed by atoms with E-state index in [2.05, 4.69) is 29.4 Å². The first-order valence-electron chi connectivity index (χ1n) is 11.2. The number of hydrogen-bond acceptors (Lipinski definition) is 4. The SMILES string of the molecule is CCN(CC)CCNC(=O)c1ccc(NC(=O)[C@@H]2CC(=O)N(c3ccc(C)cc3)C2)cc1. The molecule has 0 bridgehead atoms. The fraction of sp³-hybridized carbons (Fsp3) is 0.400. The molecule has 32 heavy (non-hydrogen) atoms. The number of benzene rings is 2. The van der Waals surface area contributed by atoms with Crippen molar-refractivity contribution in [3.63, 3.8) is 0 Å². The maximum atomic E-state index is 12.7. The predicted molar refractivity (Wildman–Crippen MR) is 127 cm³/mol. The Labute approximate surface area is 189 Å². The fourth-order valence-corrected chi connectivity index (χ4v) is 3.78. The average Bonchev–Trinajstić information content (AvgIpc) is 3.19. The van der Waals surface area contributed by atoms with Gasteiger partial charge in [0.2, 0.25) is 11.8 Å². The van der Waals surface area contributed by atoms with Gasteiger partial charge in [-0.1, -0.05) is 31.5 Å². The minimum absolute atomic E-state index is 0.0502. The molecule has 0 aromatic heterocycles. The van der Waals surface area contributed by atoms with E-state index in [1.165, 1.54) is 0 Å². The number of rotatable bonds is 9. The molecule has 2 aromatic carbocycles. The highest BCUT2D eigenvalue weighted by Gasteiger charge is 2.35. The number of nitrogens with one attached hydrogen (secondary N) is 2. The second kappa shape index (κ2) is 10.9. The molecule has 1 atom stereocenters. The fourth-order valence-electron chi connectivity index (χ4n) is 3.78. The van der Waals surface area contributed by atoms with Crippen LogP contribution in [-0.2, 0) is 9.59 Å². The molecule has 3 rings (SSSR count). The number of hydrogen-bond donors (Lipinski definition) is 2. The van der Waals surface area contributed by atoms with Crippen LogP contribution < -0.4 is 15.5 Å². The van der Waals surface area contributed by atoms with Gasteiger partial charge in [-0.3, -0.25) is 14.4 Å². The molecular weight excluding hydrogens is 404 g/mol. The monoisotopic (exact) mass is 436 g/mol. The van der Waals surface area contributed by atoms with Crippen molar-refractivity contribution >= 4 is 29.1 Å². The Morgan fingerprint density at radius 1 is 1.03 bits per heavy atom. The number of amides is 3. The molecule has 7 nitrogen and oxygen atoms in total. The van der Waals surface area contributed by atoms with Gasteiger partial charge in [0.25, 0.3) is 5.91 Å². The lowest BCUT2D eigenvalue weighted by Crippen LogP contribution is -2.34. The first kappa shape index (κ1) is 23.5. The third-order valence-electron chi connectivity index (χ3n) is 5.86. The van der Waals surface area contributed by atoms with E-state index in [0.29, 0.717) is 24.3 Å². The molecule has 1 heterocycles. The van der Waals surface area contributed by atoms with Crippen molar-refractivity contribution in [2.45, 2.75) is 27.2 Å². The predicted octanol–water partition coefficient (Wildman–Crippen LogP) is 3.06. The second-order valence-corrected chi connectivity index (χ2v) is 8.09. The van der Waals surface area contributed by atoms with E-state index in [9.17, 15) is 14.4 Å². The highest BCUT2D eigenvalue weighted by atomic mass is 16.2. The van der Waals surface area contributed by atoms with Gasteiger partial charge in [-0.15, -0.1) is 0 Å². The Balaban J connectivity index is 1.52. The van der Waals surface area contributed by atoms with Crippen molar-refractivity contribution < 1.29 is 14.4 Å². The molecule has 7 heteroatoms. The number of aryl methyl sites for hydroxylation is 1. The molecule has 0 unspecified atom stereocenters. The summed E-state index contributed by atoms with van der Waals surface area (Å²) in [6.45, 7) is 9.86. The Bertz CT molecular complexity index is 937. The van der Waals surface area contributed by atoms with Gasteiger partial charge < -0.3 is 20.4 Å². The summed E-state index contributed by atoms with van der Waals surface area (Å²) in [6, 6.07) is 14.5. The summed E-state index contributed by atoms with van der Waals surface area (Å²) in [5.41, 5.74) is 3.09. The van der Waals surface area contributed by atoms with E-state index in [-0.39, 0.29) is 24.1 Å². The lowest BCUT2D eigenvalue weighted by molar-refractivity contribution is -0.122. The first-order chi connectivity index (χ1) is 15.4. The van der Waals surface area contributed by atoms with Gasteiger partial charge in [-0.2, -0.15) is 0 Å². The molecule has 0 radical (unpaired) electrons. The molecule has 0 spiro atoms. The zero-order valence-electron chi connectivity index (χ0n) is 19.1. The molecular formula is C25H32N4O3. The van der Waals surface area contributed by atoms with Crippen LogP contribution in [0.4, 0.5) is 11.4 Å². The van der Waals surface area contributed by atoms with Crippen LogP contribution in [0.2, 0.25) is 0 Å². The van der Waals surface area contributed by atoms with Crippen molar-refractivity contribution in [2.75, 3.05) is 42.9 Å². The summed E-state index contributed by atoms with van der Waals surface area (Å²) in [6.07, 6.45) is 0.187. The summed E-state index contributed by atoms with van der Waals surface area (Å²) >= 11 is 0. The van der Waals surface area contributed by atoms with Crippen LogP contribution in [0.25, 0.3) is 0 Å². The molecule has 0 saturated carbocycles. The molecule has 170 valence electrons. The van der Waals surface area contributed by atoms with Crippen LogP contribution in [-0.4, -0.2) is 55.3 Å². The highest BCUT2D eigenvalue weighted by Crippen LogP contribution is 2.26. The molecule has 1 fully saturated rings. The van der Waals surface area contributed by atoms with E-state index in [4.69, 9.17) is 0 Å². The highest BCUT2D eigenvalue weighted by molar-refractivity contribution is 6.03. The van der Waals surface area contributed by atoms with Gasteiger partial charge in [0.05, 0.1) is 5.92 Å². The minimum atomic E-state index is -0.410. The number of nitrogens with zero attached hydrogens (tertiary/aromatic N) is 2. The van der Waals surface area contributed by atoms with Crippen LogP contribution >= 0.6 is 0 Å². The van der Waals surface area contributed by atoms with Gasteiger partial charge >= 0.3 is 0 Å². The number of anilines is 2. The van der Waals surface area contributed by atoms with Crippen molar-refractivity contribution in [1.82, 2.24) is 10.2 Å². The summed E-state index contributed by atoms with van der Waals surface area (Å²) in [7, 11) is 0. The average molecular weight is 437 g/mol. The molecule has 3 amide bonds. The van der Waals surface area contributed by atoms with Crippen LogP contribution in [0, 0.1) is 12.8 Å². The zero-order valence-corrected chi connectivity index (χ0v) is 19.1. The quantitative estimate of drug-likeness (QED) is 0.633. The van der Waals surface area contributed by atoms with E-state index in [0.717, 1.165) is 30.9 Å². The van der Waals surface area contributed by atoms with Gasteiger partial charge in [-0.05, 0) is 56.4 Å². The zero-order chi connectivity index (χ0) is 23.1. The Morgan fingerprint density at radius 3 is 2.31 bits per heavy atom. The first-order valence-corrected chi connectivity index (χ1v) is 11.2. The smallest absolute Gasteiger partial charge is 0.251 e. The van der Waals surface area contributed by atoms with Gasteiger partial charge in [0, 0.05) is 43.0 Å². The van der Waals surface area contributed by atoms with Crippen molar-refractivity contribution in [3.05, 3.63) is 59.7 Å². The van der Waals surface area contributed by atoms with Crippen LogP contribution in [0.5, 0.6) is 0 Å². The maximum absolute atomic E-state index is 12.7. The standard InChI is InChI=1S/C25H32N4O3/c1-4-28(5-2)15-14-26-24(31)19-8-10-21(11-9-19)27-25(32)20-16-23(30)29(17-20)22-12-6-18(3)7-13-22/h6-13,20H,4-5,14-17H2,1-3H3,(H,26,31)(H,27,32)/t20-/m1/s1. The summed E-state index contributed by atoms with van der Waals surface area (Å²) in [4.78, 5) is 41.3. The molecule has 2 N–H and O–H groups in total. The van der Waals surface area contributed by atoms with Crippen molar-refractivity contribution in [3.8, 4) is 0 Å². The maximum Gasteiger partial charge on any atom is 0.251 e. The topological polar surface area (TPSA) is 81.8 Å². The van der Waals surface area contributed by atoms with Crippen molar-refractivity contribution in [1.29, 1.82) is 0 Å². The van der Waals surface area contributed by atoms with Gasteiger partial charge in [0.1, 0.15) is 0 Å². The lowest BCUT2D eigenvalue weighted by atomic mass is 10.1. The molecule has 1 aliphatic heterocycles. The van der Waals surface area contributed by atoms with E-state index in [1.54, 1.807) is 29.2 Å². The largest absolute Gasteiger partial charge is 0.351 e. The van der Waals surface area contributed by atoms with Crippen LogP contribution in [0.15, 0.2) is 48.5 Å². The molecule has 1 aliphatic rings. The Hall–Kier alpha value is -3.19. The van der Waals surface area contributed by atoms with Crippen LogP contribution in [0.3, 0.4) is 0 Å². The van der Waals surface area contributed by atoms with E-state index in [1.807, 2.05) is 31.2 Å². The lowest BCUT2D eigenvalue weighted by Gasteiger charge is -2.18. The molecule has 0 aliphatic carbocycles.